The third kappa shape index (κ3) is 2.37. The van der Waals surface area contributed by atoms with Crippen LogP contribution in [0.1, 0.15) is 18.1 Å². The van der Waals surface area contributed by atoms with E-state index < -0.39 is 11.7 Å². The standard InChI is InChI=1S/C9H8ClF3/c1-2-6-5-7(9(11,12)13)3-4-8(6)10/h3-5H,2H2,1H3. The summed E-state index contributed by atoms with van der Waals surface area (Å²) in [5, 5.41) is 0.385. The average Bonchev–Trinajstić information content (AvgIpc) is 2.03. The lowest BCUT2D eigenvalue weighted by atomic mass is 10.1. The molecule has 0 fully saturated rings. The van der Waals surface area contributed by atoms with Crippen LogP contribution in [0.5, 0.6) is 0 Å². The van der Waals surface area contributed by atoms with Crippen molar-refractivity contribution in [2.75, 3.05) is 0 Å². The highest BCUT2D eigenvalue weighted by Crippen LogP contribution is 2.31. The molecule has 1 rings (SSSR count). The summed E-state index contributed by atoms with van der Waals surface area (Å²) in [5.74, 6) is 0. The van der Waals surface area contributed by atoms with E-state index in [9.17, 15) is 13.2 Å². The first-order chi connectivity index (χ1) is 5.95. The number of benzene rings is 1. The molecule has 0 aliphatic heterocycles. The number of hydrogen-bond acceptors (Lipinski definition) is 0. The van der Waals surface area contributed by atoms with Crippen LogP contribution in [0.4, 0.5) is 13.2 Å². The maximum atomic E-state index is 12.2. The Kier molecular flexibility index (Phi) is 2.86. The van der Waals surface area contributed by atoms with Crippen molar-refractivity contribution in [1.29, 1.82) is 0 Å². The average molecular weight is 209 g/mol. The summed E-state index contributed by atoms with van der Waals surface area (Å²) in [6.45, 7) is 1.77. The van der Waals surface area contributed by atoms with Crippen LogP contribution >= 0.6 is 11.6 Å². The van der Waals surface area contributed by atoms with E-state index in [1.165, 1.54) is 6.07 Å². The fraction of sp³-hybridized carbons (Fsp3) is 0.333. The fourth-order valence-corrected chi connectivity index (χ4v) is 1.27. The van der Waals surface area contributed by atoms with E-state index in [0.717, 1.165) is 12.1 Å². The van der Waals surface area contributed by atoms with Gasteiger partial charge in [-0.25, -0.2) is 0 Å². The molecule has 0 saturated carbocycles. The van der Waals surface area contributed by atoms with Gasteiger partial charge in [0.15, 0.2) is 0 Å². The van der Waals surface area contributed by atoms with Crippen LogP contribution in [0.15, 0.2) is 18.2 Å². The van der Waals surface area contributed by atoms with E-state index in [0.29, 0.717) is 17.0 Å². The molecule has 0 aliphatic rings. The van der Waals surface area contributed by atoms with Crippen LogP contribution in [-0.2, 0) is 12.6 Å². The van der Waals surface area contributed by atoms with E-state index in [1.54, 1.807) is 6.92 Å². The molecule has 0 bridgehead atoms. The molecule has 0 unspecified atom stereocenters. The predicted molar refractivity (Wildman–Crippen MR) is 45.8 cm³/mol. The van der Waals surface area contributed by atoms with Crippen molar-refractivity contribution in [3.05, 3.63) is 34.3 Å². The number of rotatable bonds is 1. The number of aryl methyl sites for hydroxylation is 1. The summed E-state index contributed by atoms with van der Waals surface area (Å²) in [6.07, 6.45) is -3.78. The van der Waals surface area contributed by atoms with Gasteiger partial charge in [-0.2, -0.15) is 13.2 Å². The smallest absolute Gasteiger partial charge is 0.166 e. The lowest BCUT2D eigenvalue weighted by Gasteiger charge is -2.08. The van der Waals surface area contributed by atoms with Gasteiger partial charge in [-0.15, -0.1) is 0 Å². The van der Waals surface area contributed by atoms with Crippen LogP contribution < -0.4 is 0 Å². The van der Waals surface area contributed by atoms with Crippen molar-refractivity contribution in [2.45, 2.75) is 19.5 Å². The monoisotopic (exact) mass is 208 g/mol. The van der Waals surface area contributed by atoms with Gasteiger partial charge in [0.1, 0.15) is 0 Å². The first-order valence-corrected chi connectivity index (χ1v) is 4.18. The second kappa shape index (κ2) is 3.58. The van der Waals surface area contributed by atoms with E-state index in [2.05, 4.69) is 0 Å². The van der Waals surface area contributed by atoms with Gasteiger partial charge in [0.25, 0.3) is 0 Å². The first kappa shape index (κ1) is 10.4. The Morgan fingerprint density at radius 2 is 1.92 bits per heavy atom. The Labute approximate surface area is 79.3 Å². The van der Waals surface area contributed by atoms with Crippen molar-refractivity contribution in [3.8, 4) is 0 Å². The van der Waals surface area contributed by atoms with Crippen molar-refractivity contribution < 1.29 is 13.2 Å². The molecular formula is C9H8ClF3. The Bertz CT molecular complexity index is 304. The summed E-state index contributed by atoms with van der Waals surface area (Å²) >= 11 is 5.68. The molecule has 1 aromatic carbocycles. The second-order valence-electron chi connectivity index (χ2n) is 2.66. The van der Waals surface area contributed by atoms with Gasteiger partial charge in [0, 0.05) is 5.02 Å². The van der Waals surface area contributed by atoms with Crippen molar-refractivity contribution in [3.63, 3.8) is 0 Å². The molecule has 0 heterocycles. The maximum absolute atomic E-state index is 12.2. The molecule has 72 valence electrons. The molecule has 13 heavy (non-hydrogen) atoms. The Morgan fingerprint density at radius 3 is 2.38 bits per heavy atom. The molecule has 1 aromatic rings. The summed E-state index contributed by atoms with van der Waals surface area (Å²) < 4.78 is 36.6. The van der Waals surface area contributed by atoms with Gasteiger partial charge in [-0.3, -0.25) is 0 Å². The maximum Gasteiger partial charge on any atom is 0.416 e. The van der Waals surface area contributed by atoms with Crippen LogP contribution in [0.2, 0.25) is 5.02 Å². The highest BCUT2D eigenvalue weighted by molar-refractivity contribution is 6.31. The summed E-state index contributed by atoms with van der Waals surface area (Å²) in [7, 11) is 0. The van der Waals surface area contributed by atoms with Crippen LogP contribution in [0, 0.1) is 0 Å². The lowest BCUT2D eigenvalue weighted by molar-refractivity contribution is -0.137. The Balaban J connectivity index is 3.14. The van der Waals surface area contributed by atoms with Gasteiger partial charge in [-0.1, -0.05) is 18.5 Å². The summed E-state index contributed by atoms with van der Waals surface area (Å²) in [4.78, 5) is 0. The third-order valence-electron chi connectivity index (χ3n) is 1.75. The van der Waals surface area contributed by atoms with Gasteiger partial charge in [0.05, 0.1) is 5.56 Å². The predicted octanol–water partition coefficient (Wildman–Crippen LogP) is 3.92. The fourth-order valence-electron chi connectivity index (χ4n) is 1.02. The van der Waals surface area contributed by atoms with E-state index >= 15 is 0 Å². The topological polar surface area (TPSA) is 0 Å². The van der Waals surface area contributed by atoms with Gasteiger partial charge in [-0.05, 0) is 30.2 Å². The normalized spacial score (nSPS) is 11.8. The van der Waals surface area contributed by atoms with Crippen LogP contribution in [0.25, 0.3) is 0 Å². The number of alkyl halides is 3. The van der Waals surface area contributed by atoms with E-state index in [1.807, 2.05) is 0 Å². The van der Waals surface area contributed by atoms with Gasteiger partial charge < -0.3 is 0 Å². The molecule has 0 saturated heterocycles. The van der Waals surface area contributed by atoms with E-state index in [-0.39, 0.29) is 0 Å². The molecule has 0 aromatic heterocycles. The highest BCUT2D eigenvalue weighted by Gasteiger charge is 2.30. The first-order valence-electron chi connectivity index (χ1n) is 3.80. The minimum atomic E-state index is -4.28. The molecule has 0 amide bonds. The number of halogens is 4. The highest BCUT2D eigenvalue weighted by atomic mass is 35.5. The molecule has 4 heteroatoms. The zero-order chi connectivity index (χ0) is 10.1. The van der Waals surface area contributed by atoms with E-state index in [4.69, 9.17) is 11.6 Å². The molecule has 0 nitrogen and oxygen atoms in total. The molecule has 0 aliphatic carbocycles. The quantitative estimate of drug-likeness (QED) is 0.656. The molecular weight excluding hydrogens is 201 g/mol. The van der Waals surface area contributed by atoms with Crippen LogP contribution in [0.3, 0.4) is 0 Å². The largest absolute Gasteiger partial charge is 0.416 e. The third-order valence-corrected chi connectivity index (χ3v) is 2.12. The molecule has 0 spiro atoms. The zero-order valence-electron chi connectivity index (χ0n) is 6.95. The van der Waals surface area contributed by atoms with Crippen molar-refractivity contribution in [2.24, 2.45) is 0 Å². The minimum absolute atomic E-state index is 0.385. The minimum Gasteiger partial charge on any atom is -0.166 e. The SMILES string of the molecule is CCc1cc(C(F)(F)F)ccc1Cl. The number of hydrogen-bond donors (Lipinski definition) is 0. The summed E-state index contributed by atoms with van der Waals surface area (Å²) in [5.41, 5.74) is -0.120. The molecule has 0 radical (unpaired) electrons. The van der Waals surface area contributed by atoms with Crippen molar-refractivity contribution in [1.82, 2.24) is 0 Å². The zero-order valence-corrected chi connectivity index (χ0v) is 7.71. The Morgan fingerprint density at radius 1 is 1.31 bits per heavy atom. The Hall–Kier alpha value is -0.700. The van der Waals surface area contributed by atoms with Crippen LogP contribution in [-0.4, -0.2) is 0 Å². The van der Waals surface area contributed by atoms with Gasteiger partial charge >= 0.3 is 6.18 Å². The second-order valence-corrected chi connectivity index (χ2v) is 3.06. The molecule has 0 atom stereocenters. The van der Waals surface area contributed by atoms with Crippen molar-refractivity contribution >= 4 is 11.6 Å². The van der Waals surface area contributed by atoms with Gasteiger partial charge in [0.2, 0.25) is 0 Å². The lowest BCUT2D eigenvalue weighted by Crippen LogP contribution is -2.05. The molecule has 0 N–H and O–H groups in total. The summed E-state index contributed by atoms with van der Waals surface area (Å²) in [6, 6.07) is 3.35.